The predicted molar refractivity (Wildman–Crippen MR) is 83.6 cm³/mol. The first-order chi connectivity index (χ1) is 10.3. The average Bonchev–Trinajstić information content (AvgIpc) is 2.53. The Kier molecular flexibility index (Phi) is 5.99. The molecule has 1 aliphatic heterocycles. The van der Waals surface area contributed by atoms with E-state index in [4.69, 9.17) is 4.74 Å². The number of nitrogens with one attached hydrogen (secondary N) is 1. The van der Waals surface area contributed by atoms with Crippen molar-refractivity contribution in [3.63, 3.8) is 0 Å². The third kappa shape index (κ3) is 3.94. The Hall–Kier alpha value is -1.62. The molecular weight excluding hydrogens is 266 g/mol. The predicted octanol–water partition coefficient (Wildman–Crippen LogP) is 2.75. The van der Waals surface area contributed by atoms with Crippen LogP contribution in [0.25, 0.3) is 0 Å². The van der Waals surface area contributed by atoms with Crippen LogP contribution in [-0.2, 0) is 11.2 Å². The van der Waals surface area contributed by atoms with Crippen LogP contribution in [0.5, 0.6) is 0 Å². The standard InChI is InChI=1S/C16H25N3O2/c1-17-11-5-3-4-8-14-10-9-13-7-6-12-18-15(13)19(14)16(20)21-2/h6-7,12,14,17H,3-5,8-11H2,1-2H3. The number of amides is 1. The summed E-state index contributed by atoms with van der Waals surface area (Å²) < 4.78 is 4.96. The monoisotopic (exact) mass is 291 g/mol. The zero-order chi connectivity index (χ0) is 15.1. The number of unbranched alkanes of at least 4 members (excludes halogenated alkanes) is 2. The van der Waals surface area contributed by atoms with Crippen molar-refractivity contribution in [3.05, 3.63) is 23.9 Å². The van der Waals surface area contributed by atoms with Gasteiger partial charge in [0, 0.05) is 12.2 Å². The number of aromatic nitrogens is 1. The van der Waals surface area contributed by atoms with Crippen LogP contribution >= 0.6 is 0 Å². The molecule has 2 rings (SSSR count). The van der Waals surface area contributed by atoms with Crippen molar-refractivity contribution in [2.75, 3.05) is 25.6 Å². The molecule has 0 radical (unpaired) electrons. The Balaban J connectivity index is 2.02. The Bertz CT molecular complexity index is 465. The van der Waals surface area contributed by atoms with E-state index in [0.717, 1.165) is 43.6 Å². The van der Waals surface area contributed by atoms with E-state index in [9.17, 15) is 4.79 Å². The summed E-state index contributed by atoms with van der Waals surface area (Å²) >= 11 is 0. The lowest BCUT2D eigenvalue weighted by atomic mass is 9.95. The van der Waals surface area contributed by atoms with Crippen LogP contribution in [0.2, 0.25) is 0 Å². The van der Waals surface area contributed by atoms with Gasteiger partial charge < -0.3 is 10.1 Å². The van der Waals surface area contributed by atoms with Crippen molar-refractivity contribution in [3.8, 4) is 0 Å². The van der Waals surface area contributed by atoms with E-state index in [1.165, 1.54) is 20.0 Å². The Morgan fingerprint density at radius 3 is 3.10 bits per heavy atom. The van der Waals surface area contributed by atoms with Gasteiger partial charge in [0.2, 0.25) is 0 Å². The van der Waals surface area contributed by atoms with Crippen LogP contribution in [0.1, 0.15) is 37.7 Å². The minimum atomic E-state index is -0.296. The summed E-state index contributed by atoms with van der Waals surface area (Å²) in [6, 6.07) is 4.17. The summed E-state index contributed by atoms with van der Waals surface area (Å²) in [5.74, 6) is 0.774. The number of anilines is 1. The van der Waals surface area contributed by atoms with Crippen LogP contribution in [-0.4, -0.2) is 37.8 Å². The quantitative estimate of drug-likeness (QED) is 0.819. The smallest absolute Gasteiger partial charge is 0.415 e. The first kappa shape index (κ1) is 15.8. The topological polar surface area (TPSA) is 54.5 Å². The highest BCUT2D eigenvalue weighted by Crippen LogP contribution is 2.31. The lowest BCUT2D eigenvalue weighted by molar-refractivity contribution is 0.173. The van der Waals surface area contributed by atoms with E-state index < -0.39 is 0 Å². The van der Waals surface area contributed by atoms with Crippen LogP contribution in [0.4, 0.5) is 10.6 Å². The number of carbonyl (C=O) groups excluding carboxylic acids is 1. The van der Waals surface area contributed by atoms with Gasteiger partial charge >= 0.3 is 6.09 Å². The van der Waals surface area contributed by atoms with Gasteiger partial charge in [-0.2, -0.15) is 0 Å². The van der Waals surface area contributed by atoms with Crippen molar-refractivity contribution in [2.45, 2.75) is 44.6 Å². The van der Waals surface area contributed by atoms with Gasteiger partial charge in [-0.25, -0.2) is 9.78 Å². The summed E-state index contributed by atoms with van der Waals surface area (Å²) in [7, 11) is 3.41. The van der Waals surface area contributed by atoms with E-state index >= 15 is 0 Å². The van der Waals surface area contributed by atoms with E-state index in [0.29, 0.717) is 0 Å². The molecule has 1 unspecified atom stereocenters. The largest absolute Gasteiger partial charge is 0.452 e. The maximum absolute atomic E-state index is 12.1. The normalized spacial score (nSPS) is 17.4. The van der Waals surface area contributed by atoms with E-state index in [2.05, 4.69) is 10.3 Å². The van der Waals surface area contributed by atoms with Crippen LogP contribution in [0, 0.1) is 0 Å². The van der Waals surface area contributed by atoms with Gasteiger partial charge in [-0.05, 0) is 50.9 Å². The third-order valence-corrected chi connectivity index (χ3v) is 4.04. The lowest BCUT2D eigenvalue weighted by Gasteiger charge is -2.35. The van der Waals surface area contributed by atoms with Crippen LogP contribution in [0.3, 0.4) is 0 Å². The van der Waals surface area contributed by atoms with Gasteiger partial charge in [0.1, 0.15) is 5.82 Å². The van der Waals surface area contributed by atoms with Crippen molar-refractivity contribution < 1.29 is 9.53 Å². The first-order valence-electron chi connectivity index (χ1n) is 7.73. The highest BCUT2D eigenvalue weighted by molar-refractivity contribution is 5.88. The SMILES string of the molecule is CNCCCCCC1CCc2cccnc2N1C(=O)OC. The van der Waals surface area contributed by atoms with Crippen molar-refractivity contribution in [1.82, 2.24) is 10.3 Å². The van der Waals surface area contributed by atoms with Gasteiger partial charge in [0.15, 0.2) is 0 Å². The molecule has 1 amide bonds. The molecule has 5 nitrogen and oxygen atoms in total. The molecule has 0 aliphatic carbocycles. The molecule has 1 atom stereocenters. The number of fused-ring (bicyclic) bond motifs is 1. The number of ether oxygens (including phenoxy) is 1. The molecule has 1 aromatic rings. The zero-order valence-electron chi connectivity index (χ0n) is 13.0. The van der Waals surface area contributed by atoms with E-state index in [1.807, 2.05) is 19.2 Å². The zero-order valence-corrected chi connectivity index (χ0v) is 13.0. The second-order valence-corrected chi connectivity index (χ2v) is 5.47. The molecule has 21 heavy (non-hydrogen) atoms. The fourth-order valence-electron chi connectivity index (χ4n) is 2.93. The number of pyridine rings is 1. The van der Waals surface area contributed by atoms with Gasteiger partial charge in [-0.3, -0.25) is 4.90 Å². The number of rotatable bonds is 6. The summed E-state index contributed by atoms with van der Waals surface area (Å²) in [6.45, 7) is 1.05. The van der Waals surface area contributed by atoms with Gasteiger partial charge in [0.25, 0.3) is 0 Å². The number of hydrogen-bond acceptors (Lipinski definition) is 4. The van der Waals surface area contributed by atoms with Crippen LogP contribution in [0.15, 0.2) is 18.3 Å². The molecule has 0 spiro atoms. The van der Waals surface area contributed by atoms with Crippen molar-refractivity contribution >= 4 is 11.9 Å². The molecule has 0 saturated carbocycles. The number of aryl methyl sites for hydroxylation is 1. The molecule has 0 aromatic carbocycles. The highest BCUT2D eigenvalue weighted by atomic mass is 16.5. The third-order valence-electron chi connectivity index (χ3n) is 4.04. The summed E-state index contributed by atoms with van der Waals surface area (Å²) in [4.78, 5) is 18.3. The average molecular weight is 291 g/mol. The number of carbonyl (C=O) groups is 1. The van der Waals surface area contributed by atoms with E-state index in [-0.39, 0.29) is 12.1 Å². The van der Waals surface area contributed by atoms with Gasteiger partial charge in [0.05, 0.1) is 7.11 Å². The minimum Gasteiger partial charge on any atom is -0.452 e. The Morgan fingerprint density at radius 2 is 2.33 bits per heavy atom. The molecule has 116 valence electrons. The molecule has 1 N–H and O–H groups in total. The van der Waals surface area contributed by atoms with Gasteiger partial charge in [-0.1, -0.05) is 18.9 Å². The molecule has 0 bridgehead atoms. The number of nitrogens with zero attached hydrogens (tertiary/aromatic N) is 2. The summed E-state index contributed by atoms with van der Waals surface area (Å²) in [5.41, 5.74) is 1.13. The summed E-state index contributed by atoms with van der Waals surface area (Å²) in [6.07, 6.45) is 7.91. The molecule has 0 fully saturated rings. The Morgan fingerprint density at radius 1 is 1.48 bits per heavy atom. The maximum Gasteiger partial charge on any atom is 0.415 e. The van der Waals surface area contributed by atoms with Crippen molar-refractivity contribution in [2.24, 2.45) is 0 Å². The Labute approximate surface area is 126 Å². The van der Waals surface area contributed by atoms with E-state index in [1.54, 1.807) is 11.1 Å². The molecule has 1 aliphatic rings. The molecule has 5 heteroatoms. The summed E-state index contributed by atoms with van der Waals surface area (Å²) in [5, 5.41) is 3.16. The number of methoxy groups -OCH3 is 1. The van der Waals surface area contributed by atoms with Crippen LogP contribution < -0.4 is 10.2 Å². The van der Waals surface area contributed by atoms with Crippen molar-refractivity contribution in [1.29, 1.82) is 0 Å². The molecule has 2 heterocycles. The second-order valence-electron chi connectivity index (χ2n) is 5.47. The highest BCUT2D eigenvalue weighted by Gasteiger charge is 2.32. The molecule has 0 saturated heterocycles. The minimum absolute atomic E-state index is 0.203. The fourth-order valence-corrected chi connectivity index (χ4v) is 2.93. The maximum atomic E-state index is 12.1. The second kappa shape index (κ2) is 7.98. The van der Waals surface area contributed by atoms with Gasteiger partial charge in [-0.15, -0.1) is 0 Å². The molecular formula is C16H25N3O2. The number of hydrogen-bond donors (Lipinski definition) is 1. The lowest BCUT2D eigenvalue weighted by Crippen LogP contribution is -2.44. The molecule has 1 aromatic heterocycles. The fraction of sp³-hybridized carbons (Fsp3) is 0.625. The first-order valence-corrected chi connectivity index (χ1v) is 7.73.